The van der Waals surface area contributed by atoms with E-state index < -0.39 is 0 Å². The maximum Gasteiger partial charge on any atom is 0.0157 e. The first kappa shape index (κ1) is 13.9. The van der Waals surface area contributed by atoms with Crippen molar-refractivity contribution < 1.29 is 0 Å². The fourth-order valence-corrected chi connectivity index (χ4v) is 1.75. The van der Waals surface area contributed by atoms with Gasteiger partial charge in [0.15, 0.2) is 0 Å². The molecule has 2 aromatic carbocycles. The highest BCUT2D eigenvalue weighted by Crippen LogP contribution is 2.17. The molecule has 0 unspecified atom stereocenters. The highest BCUT2D eigenvalue weighted by molar-refractivity contribution is 9.09. The van der Waals surface area contributed by atoms with E-state index in [1.165, 1.54) is 11.1 Å². The third-order valence-corrected chi connectivity index (χ3v) is 2.62. The minimum Gasteiger partial charge on any atom is -0.319 e. The van der Waals surface area contributed by atoms with E-state index >= 15 is 0 Å². The lowest BCUT2D eigenvalue weighted by Crippen LogP contribution is -2.07. The summed E-state index contributed by atoms with van der Waals surface area (Å²) in [6.07, 6.45) is 0. The number of nitrogens with one attached hydrogen (secondary N) is 1. The van der Waals surface area contributed by atoms with Crippen LogP contribution in [0.3, 0.4) is 0 Å². The first-order valence-corrected chi connectivity index (χ1v) is 6.81. The fourth-order valence-electron chi connectivity index (χ4n) is 1.36. The standard InChI is InChI=1S/C12H10.C3H8BrN/c1-3-7-11(8-4-1)12-9-5-2-6-10-12;1-5-3-2-4/h1-10H;5H,2-3H2,1H3. The van der Waals surface area contributed by atoms with Crippen molar-refractivity contribution in [2.75, 3.05) is 18.9 Å². The molecule has 1 N–H and O–H groups in total. The Kier molecular flexibility index (Phi) is 7.35. The first-order valence-electron chi connectivity index (χ1n) is 5.69. The van der Waals surface area contributed by atoms with Crippen LogP contribution in [0.5, 0.6) is 0 Å². The first-order chi connectivity index (χ1) is 8.38. The highest BCUT2D eigenvalue weighted by atomic mass is 79.9. The van der Waals surface area contributed by atoms with Crippen LogP contribution in [0, 0.1) is 0 Å². The van der Waals surface area contributed by atoms with Gasteiger partial charge in [0.25, 0.3) is 0 Å². The van der Waals surface area contributed by atoms with E-state index in [1.807, 2.05) is 19.2 Å². The van der Waals surface area contributed by atoms with Gasteiger partial charge in [-0.25, -0.2) is 0 Å². The molecular weight excluding hydrogens is 274 g/mol. The van der Waals surface area contributed by atoms with Gasteiger partial charge < -0.3 is 5.32 Å². The molecule has 0 spiro atoms. The van der Waals surface area contributed by atoms with E-state index in [9.17, 15) is 0 Å². The summed E-state index contributed by atoms with van der Waals surface area (Å²) in [4.78, 5) is 0. The number of rotatable bonds is 3. The molecule has 0 radical (unpaired) electrons. The summed E-state index contributed by atoms with van der Waals surface area (Å²) in [6, 6.07) is 20.8. The van der Waals surface area contributed by atoms with Crippen LogP contribution >= 0.6 is 15.9 Å². The number of hydrogen-bond donors (Lipinski definition) is 1. The van der Waals surface area contributed by atoms with Crippen molar-refractivity contribution in [1.29, 1.82) is 0 Å². The van der Waals surface area contributed by atoms with Gasteiger partial charge in [0.05, 0.1) is 0 Å². The molecule has 1 nitrogen and oxygen atoms in total. The Morgan fingerprint density at radius 3 is 1.47 bits per heavy atom. The van der Waals surface area contributed by atoms with Gasteiger partial charge in [-0.15, -0.1) is 0 Å². The molecule has 0 heterocycles. The Labute approximate surface area is 112 Å². The van der Waals surface area contributed by atoms with Gasteiger partial charge in [-0.1, -0.05) is 76.6 Å². The molecule has 17 heavy (non-hydrogen) atoms. The Balaban J connectivity index is 0.000000249. The second kappa shape index (κ2) is 8.97. The van der Waals surface area contributed by atoms with Gasteiger partial charge in [0, 0.05) is 11.9 Å². The summed E-state index contributed by atoms with van der Waals surface area (Å²) >= 11 is 3.25. The lowest BCUT2D eigenvalue weighted by molar-refractivity contribution is 0.876. The molecule has 0 aromatic heterocycles. The van der Waals surface area contributed by atoms with Crippen LogP contribution in [0.2, 0.25) is 0 Å². The van der Waals surface area contributed by atoms with E-state index in [-0.39, 0.29) is 0 Å². The summed E-state index contributed by atoms with van der Waals surface area (Å²) in [5.74, 6) is 0. The van der Waals surface area contributed by atoms with Crippen molar-refractivity contribution in [1.82, 2.24) is 5.32 Å². The minimum absolute atomic E-state index is 1.05. The Hall–Kier alpha value is -1.12. The van der Waals surface area contributed by atoms with Crippen molar-refractivity contribution in [3.63, 3.8) is 0 Å². The molecule has 0 aliphatic heterocycles. The SMILES string of the molecule is CNCCBr.c1ccc(-c2ccccc2)cc1. The largest absolute Gasteiger partial charge is 0.319 e. The second-order valence-corrected chi connectivity index (χ2v) is 4.32. The zero-order valence-electron chi connectivity index (χ0n) is 10.1. The molecule has 0 atom stereocenters. The predicted octanol–water partition coefficient (Wildman–Crippen LogP) is 3.95. The van der Waals surface area contributed by atoms with Crippen molar-refractivity contribution in [3.05, 3.63) is 60.7 Å². The van der Waals surface area contributed by atoms with Gasteiger partial charge in [0.1, 0.15) is 0 Å². The fraction of sp³-hybridized carbons (Fsp3) is 0.200. The normalized spacial score (nSPS) is 9.29. The molecule has 2 aromatic rings. The van der Waals surface area contributed by atoms with Crippen LogP contribution in [-0.4, -0.2) is 18.9 Å². The molecule has 2 rings (SSSR count). The van der Waals surface area contributed by atoms with Gasteiger partial charge in [0.2, 0.25) is 0 Å². The molecule has 0 amide bonds. The van der Waals surface area contributed by atoms with Crippen molar-refractivity contribution >= 4 is 15.9 Å². The van der Waals surface area contributed by atoms with Crippen molar-refractivity contribution in [3.8, 4) is 11.1 Å². The van der Waals surface area contributed by atoms with Crippen LogP contribution in [-0.2, 0) is 0 Å². The van der Waals surface area contributed by atoms with Crippen LogP contribution < -0.4 is 5.32 Å². The zero-order chi connectivity index (χ0) is 12.3. The molecule has 90 valence electrons. The quantitative estimate of drug-likeness (QED) is 0.845. The molecular formula is C15H18BrN. The topological polar surface area (TPSA) is 12.0 Å². The predicted molar refractivity (Wildman–Crippen MR) is 79.6 cm³/mol. The minimum atomic E-state index is 1.05. The third-order valence-electron chi connectivity index (χ3n) is 2.23. The van der Waals surface area contributed by atoms with Crippen LogP contribution in [0.15, 0.2) is 60.7 Å². The lowest BCUT2D eigenvalue weighted by atomic mass is 10.1. The lowest BCUT2D eigenvalue weighted by Gasteiger charge is -1.98. The molecule has 0 fully saturated rings. The van der Waals surface area contributed by atoms with E-state index in [0.717, 1.165) is 11.9 Å². The summed E-state index contributed by atoms with van der Waals surface area (Å²) in [6.45, 7) is 1.06. The number of alkyl halides is 1. The summed E-state index contributed by atoms with van der Waals surface area (Å²) in [7, 11) is 1.93. The average Bonchev–Trinajstić information content (AvgIpc) is 2.42. The van der Waals surface area contributed by atoms with Crippen molar-refractivity contribution in [2.45, 2.75) is 0 Å². The van der Waals surface area contributed by atoms with E-state index in [4.69, 9.17) is 0 Å². The van der Waals surface area contributed by atoms with Crippen LogP contribution in [0.1, 0.15) is 0 Å². The maximum absolute atomic E-state index is 3.25. The average molecular weight is 292 g/mol. The van der Waals surface area contributed by atoms with E-state index in [1.54, 1.807) is 0 Å². The molecule has 2 heteroatoms. The highest BCUT2D eigenvalue weighted by Gasteiger charge is 1.91. The summed E-state index contributed by atoms with van der Waals surface area (Å²) < 4.78 is 0. The molecule has 0 bridgehead atoms. The Morgan fingerprint density at radius 2 is 1.24 bits per heavy atom. The summed E-state index contributed by atoms with van der Waals surface area (Å²) in [5, 5.41) is 4.02. The van der Waals surface area contributed by atoms with E-state index in [2.05, 4.69) is 69.8 Å². The monoisotopic (exact) mass is 291 g/mol. The Morgan fingerprint density at radius 1 is 0.824 bits per heavy atom. The van der Waals surface area contributed by atoms with Gasteiger partial charge in [-0.3, -0.25) is 0 Å². The molecule has 0 aliphatic rings. The van der Waals surface area contributed by atoms with Crippen LogP contribution in [0.25, 0.3) is 11.1 Å². The number of benzene rings is 2. The molecule has 0 saturated heterocycles. The maximum atomic E-state index is 3.25. The van der Waals surface area contributed by atoms with Crippen molar-refractivity contribution in [2.24, 2.45) is 0 Å². The zero-order valence-corrected chi connectivity index (χ0v) is 11.7. The van der Waals surface area contributed by atoms with Gasteiger partial charge in [-0.05, 0) is 18.2 Å². The number of hydrogen-bond acceptors (Lipinski definition) is 1. The summed E-state index contributed by atoms with van der Waals surface area (Å²) in [5.41, 5.74) is 2.55. The van der Waals surface area contributed by atoms with E-state index in [0.29, 0.717) is 0 Å². The molecule has 0 saturated carbocycles. The van der Waals surface area contributed by atoms with Crippen LogP contribution in [0.4, 0.5) is 0 Å². The second-order valence-electron chi connectivity index (χ2n) is 3.52. The smallest absolute Gasteiger partial charge is 0.0157 e. The molecule has 0 aliphatic carbocycles. The Bertz CT molecular complexity index is 347. The van der Waals surface area contributed by atoms with Gasteiger partial charge >= 0.3 is 0 Å². The van der Waals surface area contributed by atoms with Gasteiger partial charge in [-0.2, -0.15) is 0 Å². The third kappa shape index (κ3) is 5.66. The number of halogens is 1.